The van der Waals surface area contributed by atoms with Crippen LogP contribution in [0.25, 0.3) is 0 Å². The van der Waals surface area contributed by atoms with Gasteiger partial charge in [-0.2, -0.15) is 0 Å². The van der Waals surface area contributed by atoms with Crippen molar-refractivity contribution < 1.29 is 23.7 Å². The highest BCUT2D eigenvalue weighted by molar-refractivity contribution is 5.77. The van der Waals surface area contributed by atoms with Crippen LogP contribution in [0.1, 0.15) is 17.2 Å². The number of anilines is 1. The fourth-order valence-electron chi connectivity index (χ4n) is 4.40. The monoisotopic (exact) mass is 417 g/mol. The van der Waals surface area contributed by atoms with Gasteiger partial charge >= 0.3 is 5.97 Å². The van der Waals surface area contributed by atoms with Crippen LogP contribution < -0.4 is 19.1 Å². The molecule has 0 spiro atoms. The number of esters is 1. The molecule has 0 aliphatic carbocycles. The molecule has 158 valence electrons. The maximum absolute atomic E-state index is 13.0. The first-order valence-corrected chi connectivity index (χ1v) is 10.2. The Morgan fingerprint density at radius 2 is 1.68 bits per heavy atom. The Balaban J connectivity index is 1.73. The summed E-state index contributed by atoms with van der Waals surface area (Å²) in [5.41, 5.74) is 2.88. The molecule has 0 saturated carbocycles. The highest BCUT2D eigenvalue weighted by atomic mass is 16.7. The molecule has 3 aromatic rings. The van der Waals surface area contributed by atoms with E-state index >= 15 is 0 Å². The van der Waals surface area contributed by atoms with Gasteiger partial charge in [0.1, 0.15) is 17.2 Å². The van der Waals surface area contributed by atoms with E-state index in [9.17, 15) is 4.79 Å². The van der Waals surface area contributed by atoms with Gasteiger partial charge in [0.05, 0.1) is 25.9 Å². The average molecular weight is 417 g/mol. The third kappa shape index (κ3) is 3.34. The van der Waals surface area contributed by atoms with Gasteiger partial charge in [-0.15, -0.1) is 0 Å². The van der Waals surface area contributed by atoms with Crippen LogP contribution in [-0.4, -0.2) is 26.5 Å². The molecule has 31 heavy (non-hydrogen) atoms. The lowest BCUT2D eigenvalue weighted by Crippen LogP contribution is -2.48. The minimum absolute atomic E-state index is 0.361. The first-order valence-electron chi connectivity index (χ1n) is 10.2. The van der Waals surface area contributed by atoms with Crippen molar-refractivity contribution in [3.8, 4) is 17.2 Å². The number of hydrogen-bond donors (Lipinski definition) is 0. The van der Waals surface area contributed by atoms with Gasteiger partial charge in [-0.25, -0.2) is 0 Å². The molecule has 2 aliphatic heterocycles. The Labute approximate surface area is 180 Å². The Kier molecular flexibility index (Phi) is 4.90. The summed E-state index contributed by atoms with van der Waals surface area (Å²) in [6, 6.07) is 23.2. The molecule has 0 saturated heterocycles. The summed E-state index contributed by atoms with van der Waals surface area (Å²) in [5.74, 6) is 0.971. The minimum Gasteiger partial charge on any atom is -0.497 e. The zero-order chi connectivity index (χ0) is 21.4. The molecule has 0 aromatic heterocycles. The van der Waals surface area contributed by atoms with Crippen molar-refractivity contribution in [3.63, 3.8) is 0 Å². The zero-order valence-electron chi connectivity index (χ0n) is 17.4. The summed E-state index contributed by atoms with van der Waals surface area (Å²) in [5, 5.41) is 0. The highest BCUT2D eigenvalue weighted by Gasteiger charge is 2.50. The van der Waals surface area contributed by atoms with Crippen molar-refractivity contribution >= 4 is 11.7 Å². The Bertz CT molecular complexity index is 1100. The first-order chi connectivity index (χ1) is 15.2. The molecule has 0 radical (unpaired) electrons. The molecule has 0 amide bonds. The van der Waals surface area contributed by atoms with Crippen LogP contribution >= 0.6 is 0 Å². The minimum atomic E-state index is -0.805. The van der Waals surface area contributed by atoms with Crippen LogP contribution in [-0.2, 0) is 16.1 Å². The second-order valence-electron chi connectivity index (χ2n) is 7.58. The number of benzene rings is 3. The predicted molar refractivity (Wildman–Crippen MR) is 115 cm³/mol. The van der Waals surface area contributed by atoms with Gasteiger partial charge in [-0.05, 0) is 35.9 Å². The van der Waals surface area contributed by atoms with Gasteiger partial charge in [0.25, 0.3) is 6.29 Å². The highest BCUT2D eigenvalue weighted by Crippen LogP contribution is 2.50. The summed E-state index contributed by atoms with van der Waals surface area (Å²) in [6.07, 6.45) is -0.805. The van der Waals surface area contributed by atoms with Crippen molar-refractivity contribution in [3.05, 3.63) is 83.9 Å². The molecule has 2 bridgehead atoms. The van der Waals surface area contributed by atoms with Crippen molar-refractivity contribution in [2.24, 2.45) is 5.92 Å². The van der Waals surface area contributed by atoms with Gasteiger partial charge in [-0.1, -0.05) is 42.5 Å². The molecule has 6 heteroatoms. The summed E-state index contributed by atoms with van der Waals surface area (Å²) in [7, 11) is 3.02. The fraction of sp³-hybridized carbons (Fsp3) is 0.240. The third-order valence-electron chi connectivity index (χ3n) is 5.83. The molecule has 0 N–H and O–H groups in total. The van der Waals surface area contributed by atoms with E-state index in [1.54, 1.807) is 7.11 Å². The molecular formula is C25H23NO5. The quantitative estimate of drug-likeness (QED) is 0.589. The summed E-state index contributed by atoms with van der Waals surface area (Å²) in [6.45, 7) is 0.586. The van der Waals surface area contributed by atoms with Gasteiger partial charge in [0.2, 0.25) is 0 Å². The average Bonchev–Trinajstić information content (AvgIpc) is 2.91. The Morgan fingerprint density at radius 1 is 0.935 bits per heavy atom. The topological polar surface area (TPSA) is 57.2 Å². The van der Waals surface area contributed by atoms with Crippen molar-refractivity contribution in [1.29, 1.82) is 0 Å². The first kappa shape index (κ1) is 19.3. The van der Waals surface area contributed by atoms with E-state index in [2.05, 4.69) is 17.0 Å². The largest absolute Gasteiger partial charge is 0.497 e. The lowest BCUT2D eigenvalue weighted by atomic mass is 9.87. The van der Waals surface area contributed by atoms with Crippen LogP contribution in [0.15, 0.2) is 72.8 Å². The number of methoxy groups -OCH3 is 2. The molecule has 3 aromatic carbocycles. The number of ether oxygens (including phenoxy) is 4. The number of hydrogen-bond acceptors (Lipinski definition) is 6. The molecule has 3 atom stereocenters. The summed E-state index contributed by atoms with van der Waals surface area (Å²) in [4.78, 5) is 15.2. The molecule has 6 nitrogen and oxygen atoms in total. The van der Waals surface area contributed by atoms with Gasteiger partial charge in [0, 0.05) is 12.1 Å². The van der Waals surface area contributed by atoms with E-state index < -0.39 is 12.2 Å². The smallest absolute Gasteiger partial charge is 0.318 e. The second kappa shape index (κ2) is 7.87. The van der Waals surface area contributed by atoms with Gasteiger partial charge in [-0.3, -0.25) is 4.79 Å². The van der Waals surface area contributed by atoms with Gasteiger partial charge in [0.15, 0.2) is 5.92 Å². The van der Waals surface area contributed by atoms with E-state index in [-0.39, 0.29) is 12.0 Å². The molecule has 2 heterocycles. The van der Waals surface area contributed by atoms with Crippen LogP contribution in [0.5, 0.6) is 17.2 Å². The van der Waals surface area contributed by atoms with E-state index in [1.165, 1.54) is 7.11 Å². The van der Waals surface area contributed by atoms with Crippen LogP contribution in [0.3, 0.4) is 0 Å². The van der Waals surface area contributed by atoms with E-state index in [0.29, 0.717) is 23.8 Å². The number of carbonyl (C=O) groups is 1. The fourth-order valence-corrected chi connectivity index (χ4v) is 4.40. The molecular weight excluding hydrogens is 394 g/mol. The van der Waals surface area contributed by atoms with Gasteiger partial charge < -0.3 is 23.8 Å². The standard InChI is InChI=1S/C25H23NO5/c1-28-17-12-13-20-18(14-17)23-22(24(27)29-2)25(30-20)31-21-11-7-6-10-19(21)26(23)15-16-8-4-3-5-9-16/h3-14,22-23,25H,15H2,1-2H3/t22-,23+,25+/m1/s1. The SMILES string of the molecule is COC(=O)[C@@H]1[C@H]2Oc3ccc(OC)cc3[C@@H]1N(Cc1ccccc1)c1ccccc1O2. The van der Waals surface area contributed by atoms with Crippen LogP contribution in [0.2, 0.25) is 0 Å². The number of para-hydroxylation sites is 2. The number of rotatable bonds is 4. The maximum Gasteiger partial charge on any atom is 0.318 e. The Hall–Kier alpha value is -3.67. The van der Waals surface area contributed by atoms with Crippen molar-refractivity contribution in [2.75, 3.05) is 19.1 Å². The lowest BCUT2D eigenvalue weighted by Gasteiger charge is -2.40. The van der Waals surface area contributed by atoms with E-state index in [0.717, 1.165) is 16.8 Å². The maximum atomic E-state index is 13.0. The summed E-state index contributed by atoms with van der Waals surface area (Å²) >= 11 is 0. The number of nitrogens with zero attached hydrogens (tertiary/aromatic N) is 1. The van der Waals surface area contributed by atoms with Crippen LogP contribution in [0.4, 0.5) is 5.69 Å². The molecule has 0 unspecified atom stereocenters. The second-order valence-corrected chi connectivity index (χ2v) is 7.58. The van der Waals surface area contributed by atoms with E-state index in [4.69, 9.17) is 18.9 Å². The molecule has 2 aliphatic rings. The molecule has 5 rings (SSSR count). The normalized spacial score (nSPS) is 21.0. The van der Waals surface area contributed by atoms with Crippen LogP contribution in [0, 0.1) is 5.92 Å². The third-order valence-corrected chi connectivity index (χ3v) is 5.83. The number of fused-ring (bicyclic) bond motifs is 5. The van der Waals surface area contributed by atoms with Crippen molar-refractivity contribution in [2.45, 2.75) is 18.9 Å². The Morgan fingerprint density at radius 3 is 2.45 bits per heavy atom. The zero-order valence-corrected chi connectivity index (χ0v) is 17.4. The molecule has 0 fully saturated rings. The van der Waals surface area contributed by atoms with E-state index in [1.807, 2.05) is 60.7 Å². The number of carbonyl (C=O) groups excluding carboxylic acids is 1. The predicted octanol–water partition coefficient (Wildman–Crippen LogP) is 4.34. The van der Waals surface area contributed by atoms with Crippen molar-refractivity contribution in [1.82, 2.24) is 0 Å². The summed E-state index contributed by atoms with van der Waals surface area (Å²) < 4.78 is 23.1. The lowest BCUT2D eigenvalue weighted by molar-refractivity contribution is -0.159.